The number of amides is 2. The van der Waals surface area contributed by atoms with Crippen LogP contribution in [-0.2, 0) is 17.9 Å². The topological polar surface area (TPSA) is 83.0 Å². The summed E-state index contributed by atoms with van der Waals surface area (Å²) in [6.45, 7) is 11.2. The van der Waals surface area contributed by atoms with E-state index in [4.69, 9.17) is 4.74 Å². The van der Waals surface area contributed by atoms with E-state index < -0.39 is 11.6 Å². The summed E-state index contributed by atoms with van der Waals surface area (Å²) >= 11 is 0. The molecule has 2 atom stereocenters. The Hall–Kier alpha value is -2.31. The van der Waals surface area contributed by atoms with Gasteiger partial charge < -0.3 is 14.7 Å². The van der Waals surface area contributed by atoms with Crippen molar-refractivity contribution in [3.05, 3.63) is 23.4 Å². The number of rotatable bonds is 2. The molecule has 2 amide bonds. The van der Waals surface area contributed by atoms with E-state index in [9.17, 15) is 14.7 Å². The molecule has 1 fully saturated rings. The molecule has 0 aromatic carbocycles. The molecule has 1 aromatic rings. The zero-order chi connectivity index (χ0) is 19.3. The first-order valence-corrected chi connectivity index (χ1v) is 8.92. The number of ether oxygens (including phenoxy) is 1. The van der Waals surface area contributed by atoms with Crippen LogP contribution < -0.4 is 4.74 Å². The first-order valence-electron chi connectivity index (χ1n) is 8.92. The van der Waals surface area contributed by atoms with Crippen molar-refractivity contribution in [1.82, 2.24) is 14.8 Å². The minimum absolute atomic E-state index is 0.0394. The van der Waals surface area contributed by atoms with Gasteiger partial charge in [0.1, 0.15) is 6.10 Å². The van der Waals surface area contributed by atoms with E-state index in [1.807, 2.05) is 13.0 Å². The van der Waals surface area contributed by atoms with Crippen molar-refractivity contribution < 1.29 is 19.4 Å². The number of hydrogen-bond acceptors (Lipinski definition) is 4. The van der Waals surface area contributed by atoms with Gasteiger partial charge in [-0.2, -0.15) is 0 Å². The van der Waals surface area contributed by atoms with Gasteiger partial charge in [0.2, 0.25) is 11.8 Å². The molecule has 7 nitrogen and oxygen atoms in total. The molecular weight excluding hydrogens is 334 g/mol. The van der Waals surface area contributed by atoms with Crippen molar-refractivity contribution in [2.24, 2.45) is 5.41 Å². The second kappa shape index (κ2) is 6.14. The number of nitrogens with zero attached hydrogens (tertiary/aromatic N) is 3. The minimum Gasteiger partial charge on any atom is -0.472 e. The highest BCUT2D eigenvalue weighted by Gasteiger charge is 2.52. The van der Waals surface area contributed by atoms with Crippen LogP contribution in [0.3, 0.4) is 0 Å². The average molecular weight is 361 g/mol. The molecular formula is C19H27N3O4. The molecule has 0 bridgehead atoms. The van der Waals surface area contributed by atoms with E-state index in [0.29, 0.717) is 31.9 Å². The van der Waals surface area contributed by atoms with Crippen molar-refractivity contribution >= 4 is 12.0 Å². The van der Waals surface area contributed by atoms with Gasteiger partial charge in [-0.05, 0) is 23.5 Å². The lowest BCUT2D eigenvalue weighted by atomic mass is 9.73. The second-order valence-corrected chi connectivity index (χ2v) is 8.53. The van der Waals surface area contributed by atoms with Crippen LogP contribution in [0, 0.1) is 5.41 Å². The third kappa shape index (κ3) is 3.10. The zero-order valence-electron chi connectivity index (χ0n) is 16.1. The van der Waals surface area contributed by atoms with E-state index >= 15 is 0 Å². The van der Waals surface area contributed by atoms with Gasteiger partial charge in [0, 0.05) is 38.7 Å². The maximum absolute atomic E-state index is 11.7. The molecule has 0 spiro atoms. The molecule has 0 radical (unpaired) electrons. The Morgan fingerprint density at radius 3 is 2.50 bits per heavy atom. The van der Waals surface area contributed by atoms with Gasteiger partial charge in [-0.25, -0.2) is 9.78 Å². The first kappa shape index (κ1) is 18.5. The molecule has 0 unspecified atom stereocenters. The summed E-state index contributed by atoms with van der Waals surface area (Å²) in [6.07, 6.45) is 1.19. The number of fused-ring (bicyclic) bond motifs is 1. The standard InChI is InChI=1S/C19H27N3O4/c1-12(23)21-9-13-6-16(20-8-14(13)10-21)26-15-7-19(5,18(2,3)4)22(11-15)17(24)25/h6,8,15H,7,9-11H2,1-5H3,(H,24,25)/t15-,19+/m1/s1. The van der Waals surface area contributed by atoms with Gasteiger partial charge in [0.25, 0.3) is 0 Å². The number of hydrogen-bond donors (Lipinski definition) is 1. The summed E-state index contributed by atoms with van der Waals surface area (Å²) in [5, 5.41) is 9.62. The lowest BCUT2D eigenvalue weighted by molar-refractivity contribution is -0.129. The molecule has 26 heavy (non-hydrogen) atoms. The third-order valence-corrected chi connectivity index (χ3v) is 5.97. The van der Waals surface area contributed by atoms with Crippen LogP contribution >= 0.6 is 0 Å². The van der Waals surface area contributed by atoms with Crippen LogP contribution in [0.4, 0.5) is 4.79 Å². The van der Waals surface area contributed by atoms with Crippen molar-refractivity contribution in [3.8, 4) is 5.88 Å². The molecule has 3 rings (SSSR count). The monoisotopic (exact) mass is 361 g/mol. The summed E-state index contributed by atoms with van der Waals surface area (Å²) in [5.74, 6) is 0.528. The van der Waals surface area contributed by atoms with Crippen LogP contribution in [0.2, 0.25) is 0 Å². The Morgan fingerprint density at radius 2 is 1.96 bits per heavy atom. The first-order chi connectivity index (χ1) is 12.0. The molecule has 142 valence electrons. The fraction of sp³-hybridized carbons (Fsp3) is 0.632. The normalized spacial score (nSPS) is 25.3. The fourth-order valence-corrected chi connectivity index (χ4v) is 3.82. The Kier molecular flexibility index (Phi) is 4.37. The quantitative estimate of drug-likeness (QED) is 0.876. The highest BCUT2D eigenvalue weighted by molar-refractivity contribution is 5.74. The zero-order valence-corrected chi connectivity index (χ0v) is 16.1. The van der Waals surface area contributed by atoms with E-state index in [1.54, 1.807) is 18.0 Å². The molecule has 1 aromatic heterocycles. The van der Waals surface area contributed by atoms with Gasteiger partial charge in [0.05, 0.1) is 12.1 Å². The van der Waals surface area contributed by atoms with Crippen LogP contribution in [0.1, 0.15) is 52.2 Å². The van der Waals surface area contributed by atoms with Crippen molar-refractivity contribution in [2.45, 2.75) is 65.8 Å². The number of carbonyl (C=O) groups is 2. The smallest absolute Gasteiger partial charge is 0.407 e. The van der Waals surface area contributed by atoms with Gasteiger partial charge in [-0.1, -0.05) is 20.8 Å². The van der Waals surface area contributed by atoms with E-state index in [-0.39, 0.29) is 17.4 Å². The second-order valence-electron chi connectivity index (χ2n) is 8.53. The summed E-state index contributed by atoms with van der Waals surface area (Å²) in [7, 11) is 0. The fourth-order valence-electron chi connectivity index (χ4n) is 3.82. The molecule has 7 heteroatoms. The summed E-state index contributed by atoms with van der Waals surface area (Å²) in [6, 6.07) is 1.87. The van der Waals surface area contributed by atoms with Crippen LogP contribution in [0.15, 0.2) is 12.3 Å². The van der Waals surface area contributed by atoms with E-state index in [0.717, 1.165) is 11.1 Å². The number of likely N-dealkylation sites (tertiary alicyclic amines) is 1. The number of carboxylic acid groups (broad SMARTS) is 1. The molecule has 1 saturated heterocycles. The largest absolute Gasteiger partial charge is 0.472 e. The van der Waals surface area contributed by atoms with Crippen LogP contribution in [-0.4, -0.2) is 50.1 Å². The summed E-state index contributed by atoms with van der Waals surface area (Å²) < 4.78 is 6.05. The molecule has 3 heterocycles. The van der Waals surface area contributed by atoms with Gasteiger partial charge >= 0.3 is 6.09 Å². The van der Waals surface area contributed by atoms with E-state index in [2.05, 4.69) is 25.8 Å². The lowest BCUT2D eigenvalue weighted by Crippen LogP contribution is -2.52. The molecule has 2 aliphatic heterocycles. The Balaban J connectivity index is 1.76. The Labute approximate surface area is 153 Å². The number of aromatic nitrogens is 1. The van der Waals surface area contributed by atoms with Gasteiger partial charge in [0.15, 0.2) is 0 Å². The predicted octanol–water partition coefficient (Wildman–Crippen LogP) is 2.88. The van der Waals surface area contributed by atoms with Crippen LogP contribution in [0.5, 0.6) is 5.88 Å². The molecule has 0 aliphatic carbocycles. The summed E-state index contributed by atoms with van der Waals surface area (Å²) in [4.78, 5) is 30.9. The Bertz CT molecular complexity index is 743. The number of carbonyl (C=O) groups excluding carboxylic acids is 1. The molecule has 0 saturated carbocycles. The third-order valence-electron chi connectivity index (χ3n) is 5.97. The maximum atomic E-state index is 11.7. The average Bonchev–Trinajstić information content (AvgIpc) is 3.08. The summed E-state index contributed by atoms with van der Waals surface area (Å²) in [5.41, 5.74) is 1.35. The van der Waals surface area contributed by atoms with Crippen molar-refractivity contribution in [2.75, 3.05) is 6.54 Å². The van der Waals surface area contributed by atoms with Crippen molar-refractivity contribution in [1.29, 1.82) is 0 Å². The lowest BCUT2D eigenvalue weighted by Gasteiger charge is -2.44. The molecule has 1 N–H and O–H groups in total. The molecule has 2 aliphatic rings. The highest BCUT2D eigenvalue weighted by atomic mass is 16.5. The van der Waals surface area contributed by atoms with Gasteiger partial charge in [-0.15, -0.1) is 0 Å². The van der Waals surface area contributed by atoms with Crippen molar-refractivity contribution in [3.63, 3.8) is 0 Å². The van der Waals surface area contributed by atoms with Gasteiger partial charge in [-0.3, -0.25) is 9.69 Å². The van der Waals surface area contributed by atoms with E-state index in [1.165, 1.54) is 4.90 Å². The maximum Gasteiger partial charge on any atom is 0.407 e. The number of pyridine rings is 1. The highest BCUT2D eigenvalue weighted by Crippen LogP contribution is 2.44. The predicted molar refractivity (Wildman–Crippen MR) is 95.8 cm³/mol. The Morgan fingerprint density at radius 1 is 1.31 bits per heavy atom. The SMILES string of the molecule is CC(=O)N1Cc2cnc(O[C@H]3CN(C(=O)O)[C@](C)(C(C)(C)C)C3)cc2C1. The minimum atomic E-state index is -0.924. The van der Waals surface area contributed by atoms with Crippen LogP contribution in [0.25, 0.3) is 0 Å².